The highest BCUT2D eigenvalue weighted by Crippen LogP contribution is 2.37. The molecule has 0 saturated carbocycles. The summed E-state index contributed by atoms with van der Waals surface area (Å²) in [7, 11) is 6.15. The molecule has 28 heavy (non-hydrogen) atoms. The predicted octanol–water partition coefficient (Wildman–Crippen LogP) is 2.65. The van der Waals surface area contributed by atoms with Gasteiger partial charge in [-0.05, 0) is 70.7 Å². The zero-order valence-electron chi connectivity index (χ0n) is 18.1. The normalized spacial score (nSPS) is 21.2. The van der Waals surface area contributed by atoms with Crippen LogP contribution in [-0.2, 0) is 4.74 Å². The Morgan fingerprint density at radius 3 is 2.96 bits per heavy atom. The first-order valence-corrected chi connectivity index (χ1v) is 11.5. The second-order valence-electron chi connectivity index (χ2n) is 7.64. The molecular weight excluding hydrogens is 370 g/mol. The van der Waals surface area contributed by atoms with Crippen molar-refractivity contribution in [1.82, 2.24) is 20.4 Å². The zero-order valence-corrected chi connectivity index (χ0v) is 18.9. The largest absolute Gasteiger partial charge is 0.383 e. The van der Waals surface area contributed by atoms with Crippen LogP contribution in [0.3, 0.4) is 0 Å². The quantitative estimate of drug-likeness (QED) is 0.334. The van der Waals surface area contributed by atoms with Gasteiger partial charge in [0.1, 0.15) is 0 Å². The lowest BCUT2D eigenvalue weighted by molar-refractivity contribution is 0.128. The number of hydrogen-bond donors (Lipinski definition) is 2. The van der Waals surface area contributed by atoms with Crippen molar-refractivity contribution >= 4 is 17.3 Å². The maximum absolute atomic E-state index is 5.13. The number of aliphatic imine (C=N–C) groups is 1. The van der Waals surface area contributed by atoms with Gasteiger partial charge in [0, 0.05) is 44.2 Å². The van der Waals surface area contributed by atoms with Crippen LogP contribution in [0, 0.1) is 5.92 Å². The Balaban J connectivity index is 1.84. The number of ether oxygens (including phenoxy) is 1. The number of piperidine rings is 1. The monoisotopic (exact) mass is 409 g/mol. The number of rotatable bonds is 11. The first-order chi connectivity index (χ1) is 13.7. The molecule has 2 rings (SSSR count). The van der Waals surface area contributed by atoms with Gasteiger partial charge in [-0.2, -0.15) is 0 Å². The molecule has 0 aliphatic carbocycles. The lowest BCUT2D eigenvalue weighted by Crippen LogP contribution is -2.40. The average Bonchev–Trinajstić information content (AvgIpc) is 3.21. The number of likely N-dealkylation sites (tertiary alicyclic amines) is 1. The van der Waals surface area contributed by atoms with Crippen molar-refractivity contribution in [3.05, 3.63) is 22.4 Å². The second kappa shape index (κ2) is 13.1. The Bertz CT molecular complexity index is 551. The van der Waals surface area contributed by atoms with E-state index in [0.717, 1.165) is 51.7 Å². The van der Waals surface area contributed by atoms with Crippen molar-refractivity contribution in [1.29, 1.82) is 0 Å². The molecule has 0 spiro atoms. The van der Waals surface area contributed by atoms with Gasteiger partial charge in [0.15, 0.2) is 5.96 Å². The van der Waals surface area contributed by atoms with Gasteiger partial charge in [0.05, 0.1) is 6.61 Å². The van der Waals surface area contributed by atoms with Gasteiger partial charge >= 0.3 is 0 Å². The van der Waals surface area contributed by atoms with Gasteiger partial charge in [-0.15, -0.1) is 11.3 Å². The molecule has 160 valence electrons. The van der Waals surface area contributed by atoms with E-state index >= 15 is 0 Å². The van der Waals surface area contributed by atoms with Gasteiger partial charge in [0.25, 0.3) is 0 Å². The molecule has 0 aromatic carbocycles. The number of methoxy groups -OCH3 is 1. The van der Waals surface area contributed by atoms with E-state index in [1.807, 2.05) is 11.3 Å². The van der Waals surface area contributed by atoms with Gasteiger partial charge in [-0.25, -0.2) is 0 Å². The number of likely N-dealkylation sites (N-methyl/N-ethyl adjacent to an activating group) is 1. The van der Waals surface area contributed by atoms with Crippen molar-refractivity contribution in [2.24, 2.45) is 10.9 Å². The lowest BCUT2D eigenvalue weighted by Gasteiger charge is -2.38. The number of nitrogens with one attached hydrogen (secondary N) is 2. The lowest BCUT2D eigenvalue weighted by atomic mass is 9.88. The van der Waals surface area contributed by atoms with Crippen LogP contribution in [0.25, 0.3) is 0 Å². The topological polar surface area (TPSA) is 52.1 Å². The fourth-order valence-electron chi connectivity index (χ4n) is 3.82. The van der Waals surface area contributed by atoms with Gasteiger partial charge < -0.3 is 20.3 Å². The third-order valence-corrected chi connectivity index (χ3v) is 6.30. The minimum Gasteiger partial charge on any atom is -0.383 e. The molecule has 0 bridgehead atoms. The molecule has 1 aliphatic heterocycles. The van der Waals surface area contributed by atoms with E-state index in [2.05, 4.69) is 59.0 Å². The summed E-state index contributed by atoms with van der Waals surface area (Å²) in [5.41, 5.74) is 0. The summed E-state index contributed by atoms with van der Waals surface area (Å²) in [5, 5.41) is 9.09. The molecule has 1 aliphatic rings. The first-order valence-electron chi connectivity index (χ1n) is 10.6. The molecule has 1 aromatic heterocycles. The molecule has 1 aromatic rings. The third kappa shape index (κ3) is 7.70. The van der Waals surface area contributed by atoms with E-state index in [-0.39, 0.29) is 0 Å². The van der Waals surface area contributed by atoms with Crippen LogP contribution < -0.4 is 10.6 Å². The summed E-state index contributed by atoms with van der Waals surface area (Å²) in [6.45, 7) is 8.82. The number of thiophene rings is 1. The predicted molar refractivity (Wildman–Crippen MR) is 120 cm³/mol. The summed E-state index contributed by atoms with van der Waals surface area (Å²) in [6.07, 6.45) is 3.60. The molecule has 0 radical (unpaired) electrons. The van der Waals surface area contributed by atoms with Crippen LogP contribution in [0.1, 0.15) is 37.1 Å². The number of hydrogen-bond acceptors (Lipinski definition) is 5. The highest BCUT2D eigenvalue weighted by molar-refractivity contribution is 7.10. The Kier molecular flexibility index (Phi) is 10.9. The van der Waals surface area contributed by atoms with E-state index in [1.165, 1.54) is 24.3 Å². The minimum atomic E-state index is 0.495. The van der Waals surface area contributed by atoms with E-state index in [0.29, 0.717) is 12.0 Å². The standard InChI is InChI=1S/C21H39N5OS/c1-5-22-21(23-11-8-12-25(2)14-15-27-4)24-17-18-9-6-13-26(3)20(18)19-10-7-16-28-19/h7,10,16,18,20H,5-6,8-9,11-15,17H2,1-4H3,(H2,22,23,24). The Morgan fingerprint density at radius 2 is 2.25 bits per heavy atom. The van der Waals surface area contributed by atoms with Gasteiger partial charge in [-0.1, -0.05) is 6.07 Å². The maximum atomic E-state index is 5.13. The molecule has 2 atom stereocenters. The molecular formula is C21H39N5OS. The van der Waals surface area contributed by atoms with Crippen LogP contribution >= 0.6 is 11.3 Å². The fourth-order valence-corrected chi connectivity index (χ4v) is 4.81. The van der Waals surface area contributed by atoms with Crippen LogP contribution in [0.2, 0.25) is 0 Å². The summed E-state index contributed by atoms with van der Waals surface area (Å²) >= 11 is 1.87. The molecule has 2 N–H and O–H groups in total. The second-order valence-corrected chi connectivity index (χ2v) is 8.62. The Morgan fingerprint density at radius 1 is 1.39 bits per heavy atom. The first kappa shape index (κ1) is 23.1. The molecule has 2 heterocycles. The van der Waals surface area contributed by atoms with E-state index in [1.54, 1.807) is 7.11 Å². The highest BCUT2D eigenvalue weighted by atomic mass is 32.1. The van der Waals surface area contributed by atoms with Gasteiger partial charge in [0.2, 0.25) is 0 Å². The van der Waals surface area contributed by atoms with Crippen LogP contribution in [0.4, 0.5) is 0 Å². The van der Waals surface area contributed by atoms with Crippen LogP contribution in [0.5, 0.6) is 0 Å². The van der Waals surface area contributed by atoms with Crippen molar-refractivity contribution in [3.8, 4) is 0 Å². The molecule has 1 fully saturated rings. The summed E-state index contributed by atoms with van der Waals surface area (Å²) < 4.78 is 5.13. The number of guanidine groups is 1. The molecule has 2 unspecified atom stereocenters. The molecule has 7 heteroatoms. The fraction of sp³-hybridized carbons (Fsp3) is 0.762. The molecule has 0 amide bonds. The van der Waals surface area contributed by atoms with E-state index in [4.69, 9.17) is 9.73 Å². The SMILES string of the molecule is CCNC(=NCC1CCCN(C)C1c1cccs1)NCCCN(C)CCOC. The van der Waals surface area contributed by atoms with Crippen molar-refractivity contribution < 1.29 is 4.74 Å². The Hall–Kier alpha value is -1.15. The van der Waals surface area contributed by atoms with Crippen LogP contribution in [0.15, 0.2) is 22.5 Å². The van der Waals surface area contributed by atoms with Crippen molar-refractivity contribution in [2.75, 3.05) is 67.1 Å². The summed E-state index contributed by atoms with van der Waals surface area (Å²) in [5.74, 6) is 1.52. The Labute approximate surface area is 175 Å². The molecule has 1 saturated heterocycles. The number of nitrogens with zero attached hydrogens (tertiary/aromatic N) is 3. The molecule has 6 nitrogen and oxygen atoms in total. The van der Waals surface area contributed by atoms with Gasteiger partial charge in [-0.3, -0.25) is 9.89 Å². The third-order valence-electron chi connectivity index (χ3n) is 5.36. The van der Waals surface area contributed by atoms with E-state index in [9.17, 15) is 0 Å². The maximum Gasteiger partial charge on any atom is 0.191 e. The van der Waals surface area contributed by atoms with Crippen molar-refractivity contribution in [2.45, 2.75) is 32.2 Å². The average molecular weight is 410 g/mol. The van der Waals surface area contributed by atoms with Crippen molar-refractivity contribution in [3.63, 3.8) is 0 Å². The minimum absolute atomic E-state index is 0.495. The van der Waals surface area contributed by atoms with Crippen LogP contribution in [-0.4, -0.2) is 82.8 Å². The highest BCUT2D eigenvalue weighted by Gasteiger charge is 2.31. The smallest absolute Gasteiger partial charge is 0.191 e. The van der Waals surface area contributed by atoms with E-state index < -0.39 is 0 Å². The summed E-state index contributed by atoms with van der Waals surface area (Å²) in [6, 6.07) is 4.94. The zero-order chi connectivity index (χ0) is 20.2. The summed E-state index contributed by atoms with van der Waals surface area (Å²) in [4.78, 5) is 11.2.